The number of benzene rings is 1. The van der Waals surface area contributed by atoms with Crippen LogP contribution >= 0.6 is 0 Å². The van der Waals surface area contributed by atoms with Crippen molar-refractivity contribution in [2.75, 3.05) is 27.8 Å². The second-order valence-electron chi connectivity index (χ2n) is 5.10. The van der Waals surface area contributed by atoms with Crippen molar-refractivity contribution in [3.05, 3.63) is 23.8 Å². The summed E-state index contributed by atoms with van der Waals surface area (Å²) < 4.78 is 10.8. The highest BCUT2D eigenvalue weighted by Gasteiger charge is 2.10. The molecule has 0 radical (unpaired) electrons. The Balaban J connectivity index is 2.75. The van der Waals surface area contributed by atoms with Gasteiger partial charge in [-0.25, -0.2) is 0 Å². The predicted octanol–water partition coefficient (Wildman–Crippen LogP) is 1.66. The first kappa shape index (κ1) is 16.3. The molecule has 0 aliphatic heterocycles. The first-order valence-electron chi connectivity index (χ1n) is 6.67. The third kappa shape index (κ3) is 5.09. The molecule has 0 spiro atoms. The molecule has 0 bridgehead atoms. The Hall–Kier alpha value is -1.75. The summed E-state index contributed by atoms with van der Waals surface area (Å²) in [6.07, 6.45) is 0. The number of hydrogen-bond acceptors (Lipinski definition) is 4. The van der Waals surface area contributed by atoms with E-state index < -0.39 is 0 Å². The van der Waals surface area contributed by atoms with Crippen LogP contribution in [0.2, 0.25) is 0 Å². The lowest BCUT2D eigenvalue weighted by molar-refractivity contribution is -0.130. The molecular formula is C15H24N2O3. The number of hydrogen-bond donors (Lipinski definition) is 1. The minimum Gasteiger partial charge on any atom is -0.493 e. The molecule has 20 heavy (non-hydrogen) atoms. The minimum absolute atomic E-state index is 0.00439. The van der Waals surface area contributed by atoms with Gasteiger partial charge in [0.05, 0.1) is 7.11 Å². The van der Waals surface area contributed by atoms with Crippen molar-refractivity contribution in [1.29, 1.82) is 0 Å². The van der Waals surface area contributed by atoms with Crippen LogP contribution in [0.15, 0.2) is 18.2 Å². The lowest BCUT2D eigenvalue weighted by Gasteiger charge is -2.15. The second kappa shape index (κ2) is 7.75. The van der Waals surface area contributed by atoms with Gasteiger partial charge in [-0.15, -0.1) is 0 Å². The topological polar surface area (TPSA) is 50.8 Å². The van der Waals surface area contributed by atoms with Crippen molar-refractivity contribution in [2.24, 2.45) is 0 Å². The van der Waals surface area contributed by atoms with Crippen molar-refractivity contribution in [3.63, 3.8) is 0 Å². The van der Waals surface area contributed by atoms with Crippen LogP contribution < -0.4 is 14.8 Å². The molecule has 1 aromatic carbocycles. The number of amides is 1. The monoisotopic (exact) mass is 280 g/mol. The smallest absolute Gasteiger partial charge is 0.259 e. The van der Waals surface area contributed by atoms with Crippen LogP contribution in [0.1, 0.15) is 19.4 Å². The van der Waals surface area contributed by atoms with Crippen LogP contribution in [0.25, 0.3) is 0 Å². The number of carbonyl (C=O) groups excluding carboxylic acids is 1. The van der Waals surface area contributed by atoms with E-state index in [2.05, 4.69) is 19.2 Å². The van der Waals surface area contributed by atoms with Gasteiger partial charge in [-0.05, 0) is 17.7 Å². The molecule has 1 N–H and O–H groups in total. The molecule has 0 atom stereocenters. The van der Waals surface area contributed by atoms with Gasteiger partial charge < -0.3 is 19.7 Å². The largest absolute Gasteiger partial charge is 0.493 e. The predicted molar refractivity (Wildman–Crippen MR) is 79.2 cm³/mol. The molecule has 0 saturated heterocycles. The zero-order valence-corrected chi connectivity index (χ0v) is 12.9. The lowest BCUT2D eigenvalue weighted by Crippen LogP contribution is -2.27. The highest BCUT2D eigenvalue weighted by Crippen LogP contribution is 2.28. The van der Waals surface area contributed by atoms with Crippen molar-refractivity contribution in [3.8, 4) is 11.5 Å². The van der Waals surface area contributed by atoms with E-state index in [0.29, 0.717) is 17.5 Å². The summed E-state index contributed by atoms with van der Waals surface area (Å²) in [4.78, 5) is 13.1. The maximum absolute atomic E-state index is 11.6. The number of nitrogens with one attached hydrogen (secondary N) is 1. The van der Waals surface area contributed by atoms with Crippen LogP contribution in [-0.4, -0.2) is 44.7 Å². The molecule has 0 unspecified atom stereocenters. The van der Waals surface area contributed by atoms with E-state index in [1.54, 1.807) is 21.2 Å². The molecule has 0 fully saturated rings. The van der Waals surface area contributed by atoms with Crippen LogP contribution in [0.5, 0.6) is 11.5 Å². The Kier molecular flexibility index (Phi) is 6.31. The van der Waals surface area contributed by atoms with E-state index in [1.807, 2.05) is 18.2 Å². The van der Waals surface area contributed by atoms with Gasteiger partial charge in [0.25, 0.3) is 5.91 Å². The normalized spacial score (nSPS) is 10.5. The molecule has 0 heterocycles. The van der Waals surface area contributed by atoms with Crippen molar-refractivity contribution >= 4 is 5.91 Å². The maximum Gasteiger partial charge on any atom is 0.259 e. The van der Waals surface area contributed by atoms with E-state index in [-0.39, 0.29) is 12.5 Å². The average molecular weight is 280 g/mol. The molecule has 0 aromatic heterocycles. The van der Waals surface area contributed by atoms with Crippen LogP contribution in [0.4, 0.5) is 0 Å². The summed E-state index contributed by atoms with van der Waals surface area (Å²) in [6.45, 7) is 4.94. The number of methoxy groups -OCH3 is 1. The van der Waals surface area contributed by atoms with Gasteiger partial charge in [0, 0.05) is 26.7 Å². The van der Waals surface area contributed by atoms with Crippen LogP contribution in [0.3, 0.4) is 0 Å². The van der Waals surface area contributed by atoms with Gasteiger partial charge in [0.1, 0.15) is 0 Å². The van der Waals surface area contributed by atoms with Gasteiger partial charge >= 0.3 is 0 Å². The standard InChI is InChI=1S/C15H24N2O3/c1-11(2)16-9-12-6-7-13(19-5)14(8-12)20-10-15(18)17(3)4/h6-8,11,16H,9-10H2,1-5H3. The van der Waals surface area contributed by atoms with Crippen molar-refractivity contribution in [1.82, 2.24) is 10.2 Å². The fourth-order valence-electron chi connectivity index (χ4n) is 1.53. The first-order valence-corrected chi connectivity index (χ1v) is 6.67. The molecular weight excluding hydrogens is 256 g/mol. The Morgan fingerprint density at radius 2 is 2.00 bits per heavy atom. The summed E-state index contributed by atoms with van der Waals surface area (Å²) in [5.74, 6) is 1.13. The third-order valence-electron chi connectivity index (χ3n) is 2.79. The number of likely N-dealkylation sites (N-methyl/N-ethyl adjacent to an activating group) is 1. The average Bonchev–Trinajstić information content (AvgIpc) is 2.42. The fourth-order valence-corrected chi connectivity index (χ4v) is 1.53. The molecule has 5 nitrogen and oxygen atoms in total. The minimum atomic E-state index is -0.0854. The first-order chi connectivity index (χ1) is 9.43. The van der Waals surface area contributed by atoms with E-state index in [1.165, 1.54) is 4.90 Å². The highest BCUT2D eigenvalue weighted by atomic mass is 16.5. The molecule has 0 aliphatic rings. The molecule has 1 aromatic rings. The SMILES string of the molecule is COc1ccc(CNC(C)C)cc1OCC(=O)N(C)C. The summed E-state index contributed by atoms with van der Waals surface area (Å²) in [5.41, 5.74) is 1.09. The Bertz CT molecular complexity index is 445. The molecule has 1 rings (SSSR count). The highest BCUT2D eigenvalue weighted by molar-refractivity contribution is 5.77. The van der Waals surface area contributed by atoms with Gasteiger partial charge in [-0.3, -0.25) is 4.79 Å². The lowest BCUT2D eigenvalue weighted by atomic mass is 10.2. The molecule has 112 valence electrons. The summed E-state index contributed by atoms with van der Waals surface area (Å²) in [7, 11) is 4.99. The van der Waals surface area contributed by atoms with E-state index in [4.69, 9.17) is 9.47 Å². The van der Waals surface area contributed by atoms with E-state index in [9.17, 15) is 4.79 Å². The number of nitrogens with zero attached hydrogens (tertiary/aromatic N) is 1. The second-order valence-corrected chi connectivity index (χ2v) is 5.10. The Morgan fingerprint density at radius 1 is 1.30 bits per heavy atom. The maximum atomic E-state index is 11.6. The Morgan fingerprint density at radius 3 is 2.55 bits per heavy atom. The van der Waals surface area contributed by atoms with Crippen molar-refractivity contribution in [2.45, 2.75) is 26.4 Å². The zero-order chi connectivity index (χ0) is 15.1. The fraction of sp³-hybridized carbons (Fsp3) is 0.533. The Labute approximate surface area is 120 Å². The zero-order valence-electron chi connectivity index (χ0n) is 12.9. The summed E-state index contributed by atoms with van der Waals surface area (Å²) in [5, 5.41) is 3.34. The quantitative estimate of drug-likeness (QED) is 0.825. The number of carbonyl (C=O) groups is 1. The molecule has 5 heteroatoms. The van der Waals surface area contributed by atoms with Crippen LogP contribution in [-0.2, 0) is 11.3 Å². The third-order valence-corrected chi connectivity index (χ3v) is 2.79. The van der Waals surface area contributed by atoms with Crippen molar-refractivity contribution < 1.29 is 14.3 Å². The van der Waals surface area contributed by atoms with Gasteiger partial charge in [-0.1, -0.05) is 19.9 Å². The number of rotatable bonds is 7. The molecule has 0 aliphatic carbocycles. The number of ether oxygens (including phenoxy) is 2. The van der Waals surface area contributed by atoms with Gasteiger partial charge in [0.2, 0.25) is 0 Å². The summed E-state index contributed by atoms with van der Waals surface area (Å²) >= 11 is 0. The van der Waals surface area contributed by atoms with E-state index in [0.717, 1.165) is 12.1 Å². The van der Waals surface area contributed by atoms with Crippen LogP contribution in [0, 0.1) is 0 Å². The van der Waals surface area contributed by atoms with Gasteiger partial charge in [0.15, 0.2) is 18.1 Å². The summed E-state index contributed by atoms with van der Waals surface area (Å²) in [6, 6.07) is 6.15. The molecule has 1 amide bonds. The van der Waals surface area contributed by atoms with E-state index >= 15 is 0 Å². The van der Waals surface area contributed by atoms with Gasteiger partial charge in [-0.2, -0.15) is 0 Å². The molecule has 0 saturated carbocycles.